The molecule has 0 unspecified atom stereocenters. The molecule has 41 heavy (non-hydrogen) atoms. The van der Waals surface area contributed by atoms with E-state index in [2.05, 4.69) is 57.9 Å². The molecule has 1 saturated heterocycles. The van der Waals surface area contributed by atoms with Crippen molar-refractivity contribution in [3.05, 3.63) is 89.4 Å². The van der Waals surface area contributed by atoms with Crippen molar-refractivity contribution in [2.24, 2.45) is 7.05 Å². The number of rotatable bonds is 6. The number of esters is 1. The first kappa shape index (κ1) is 26.8. The Morgan fingerprint density at radius 2 is 1.78 bits per heavy atom. The van der Waals surface area contributed by atoms with E-state index >= 15 is 0 Å². The summed E-state index contributed by atoms with van der Waals surface area (Å²) in [7, 11) is 7.04. The van der Waals surface area contributed by atoms with Gasteiger partial charge in [0.2, 0.25) is 0 Å². The van der Waals surface area contributed by atoms with Crippen molar-refractivity contribution >= 4 is 33.8 Å². The second-order valence-electron chi connectivity index (χ2n) is 11.1. The molecule has 1 N–H and O–H groups in total. The summed E-state index contributed by atoms with van der Waals surface area (Å²) in [5, 5.41) is 2.08. The van der Waals surface area contributed by atoms with Crippen molar-refractivity contribution in [1.82, 2.24) is 24.3 Å². The van der Waals surface area contributed by atoms with E-state index in [0.29, 0.717) is 11.6 Å². The Bertz CT molecular complexity index is 1740. The molecule has 3 aromatic heterocycles. The molecule has 1 aliphatic heterocycles. The van der Waals surface area contributed by atoms with Crippen LogP contribution in [0.3, 0.4) is 0 Å². The summed E-state index contributed by atoms with van der Waals surface area (Å²) < 4.78 is 7.07. The van der Waals surface area contributed by atoms with Crippen molar-refractivity contribution in [1.29, 1.82) is 0 Å². The van der Waals surface area contributed by atoms with Crippen LogP contribution in [-0.2, 0) is 18.3 Å². The van der Waals surface area contributed by atoms with Gasteiger partial charge in [-0.05, 0) is 91.0 Å². The van der Waals surface area contributed by atoms with Crippen LogP contribution >= 0.6 is 0 Å². The van der Waals surface area contributed by atoms with Crippen molar-refractivity contribution in [3.8, 4) is 11.1 Å². The van der Waals surface area contributed by atoms with Crippen LogP contribution in [-0.4, -0.2) is 70.5 Å². The zero-order valence-corrected chi connectivity index (χ0v) is 24.0. The predicted molar refractivity (Wildman–Crippen MR) is 161 cm³/mol. The number of fused-ring (bicyclic) bond motifs is 2. The molecular formula is C33H35N5O3. The highest BCUT2D eigenvalue weighted by molar-refractivity contribution is 5.99. The summed E-state index contributed by atoms with van der Waals surface area (Å²) in [6.45, 7) is 2.92. The molecule has 8 nitrogen and oxygen atoms in total. The number of piperidine rings is 1. The Labute approximate surface area is 239 Å². The summed E-state index contributed by atoms with van der Waals surface area (Å²) in [6, 6.07) is 20.5. The normalized spacial score (nSPS) is 14.5. The third-order valence-electron chi connectivity index (χ3n) is 8.37. The quantitative estimate of drug-likeness (QED) is 0.279. The average Bonchev–Trinajstić information content (AvgIpc) is 3.57. The molecule has 0 radical (unpaired) electrons. The van der Waals surface area contributed by atoms with Gasteiger partial charge in [0.1, 0.15) is 11.3 Å². The minimum atomic E-state index is -0.375. The van der Waals surface area contributed by atoms with E-state index in [9.17, 15) is 9.59 Å². The van der Waals surface area contributed by atoms with Gasteiger partial charge in [-0.2, -0.15) is 0 Å². The number of aromatic amines is 1. The lowest BCUT2D eigenvalue weighted by Gasteiger charge is -2.32. The number of benzene rings is 2. The molecule has 1 amide bonds. The Balaban J connectivity index is 1.18. The first-order valence-electron chi connectivity index (χ1n) is 14.0. The Kier molecular flexibility index (Phi) is 7.09. The van der Waals surface area contributed by atoms with Gasteiger partial charge in [-0.25, -0.2) is 9.78 Å². The average molecular weight is 550 g/mol. The van der Waals surface area contributed by atoms with Gasteiger partial charge in [-0.3, -0.25) is 9.69 Å². The minimum Gasteiger partial charge on any atom is -0.464 e. The minimum absolute atomic E-state index is 0.0386. The molecular weight excluding hydrogens is 514 g/mol. The molecule has 1 fully saturated rings. The number of hydrogen-bond donors (Lipinski definition) is 1. The van der Waals surface area contributed by atoms with Crippen LogP contribution < -0.4 is 0 Å². The summed E-state index contributed by atoms with van der Waals surface area (Å²) in [4.78, 5) is 36.2. The third-order valence-corrected chi connectivity index (χ3v) is 8.37. The smallest absolute Gasteiger partial charge is 0.354 e. The van der Waals surface area contributed by atoms with Gasteiger partial charge in [0.15, 0.2) is 0 Å². The van der Waals surface area contributed by atoms with Crippen molar-refractivity contribution < 1.29 is 14.3 Å². The van der Waals surface area contributed by atoms with E-state index in [1.807, 2.05) is 30.5 Å². The van der Waals surface area contributed by atoms with Crippen LogP contribution in [0, 0.1) is 0 Å². The molecule has 1 aliphatic rings. The maximum Gasteiger partial charge on any atom is 0.354 e. The molecule has 0 spiro atoms. The van der Waals surface area contributed by atoms with Crippen LogP contribution in [0.2, 0.25) is 0 Å². The summed E-state index contributed by atoms with van der Waals surface area (Å²) >= 11 is 0. The fourth-order valence-electron chi connectivity index (χ4n) is 6.00. The van der Waals surface area contributed by atoms with Crippen LogP contribution in [0.1, 0.15) is 50.9 Å². The van der Waals surface area contributed by atoms with Crippen molar-refractivity contribution in [2.75, 3.05) is 34.3 Å². The number of methoxy groups -OCH3 is 1. The summed E-state index contributed by atoms with van der Waals surface area (Å²) in [5.74, 6) is 0.176. The van der Waals surface area contributed by atoms with Crippen LogP contribution in [0.5, 0.6) is 0 Å². The highest BCUT2D eigenvalue weighted by Gasteiger charge is 2.23. The number of pyridine rings is 1. The Morgan fingerprint density at radius 3 is 2.49 bits per heavy atom. The molecule has 5 aromatic rings. The number of likely N-dealkylation sites (tertiary alicyclic amines) is 1. The number of amides is 1. The van der Waals surface area contributed by atoms with E-state index in [0.717, 1.165) is 71.1 Å². The van der Waals surface area contributed by atoms with Gasteiger partial charge in [-0.15, -0.1) is 0 Å². The monoisotopic (exact) mass is 549 g/mol. The van der Waals surface area contributed by atoms with Crippen molar-refractivity contribution in [3.63, 3.8) is 0 Å². The molecule has 0 atom stereocenters. The number of H-pyrrole nitrogens is 1. The van der Waals surface area contributed by atoms with Gasteiger partial charge in [-0.1, -0.05) is 18.2 Å². The molecule has 2 aromatic carbocycles. The highest BCUT2D eigenvalue weighted by atomic mass is 16.5. The van der Waals surface area contributed by atoms with Gasteiger partial charge in [0, 0.05) is 61.4 Å². The molecule has 0 bridgehead atoms. The van der Waals surface area contributed by atoms with Gasteiger partial charge >= 0.3 is 5.97 Å². The molecule has 0 aliphatic carbocycles. The molecule has 8 heteroatoms. The number of hydrogen-bond acceptors (Lipinski definition) is 5. The van der Waals surface area contributed by atoms with E-state index in [1.165, 1.54) is 18.4 Å². The topological polar surface area (TPSA) is 83.5 Å². The lowest BCUT2D eigenvalue weighted by atomic mass is 9.89. The second kappa shape index (κ2) is 10.9. The highest BCUT2D eigenvalue weighted by Crippen LogP contribution is 2.33. The standard InChI is InChI=1S/C33H35N5O3/c1-36(2)32(39)23-7-5-21(6-8-23)22-12-15-38(16-13-22)20-26-19-28-27(11-14-34-31(28)37(26)3)24-9-10-29-25(17-24)18-30(35-29)33(40)41-4/h5-11,14,17-19,22,35H,12-13,15-16,20H2,1-4H3. The van der Waals surface area contributed by atoms with E-state index < -0.39 is 0 Å². The van der Waals surface area contributed by atoms with Crippen LogP contribution in [0.25, 0.3) is 33.1 Å². The first-order chi connectivity index (χ1) is 19.8. The maximum absolute atomic E-state index is 12.2. The maximum atomic E-state index is 12.2. The SMILES string of the molecule is COC(=O)c1cc2cc(-c3ccnc4c3cc(CN3CCC(c5ccc(C(=O)N(C)C)cc5)CC3)n4C)ccc2[nH]1. The fourth-order valence-corrected chi connectivity index (χ4v) is 6.00. The summed E-state index contributed by atoms with van der Waals surface area (Å²) in [6.07, 6.45) is 4.06. The second-order valence-corrected chi connectivity index (χ2v) is 11.1. The third kappa shape index (κ3) is 5.11. The zero-order valence-electron chi connectivity index (χ0n) is 24.0. The van der Waals surface area contributed by atoms with E-state index in [-0.39, 0.29) is 11.9 Å². The van der Waals surface area contributed by atoms with Gasteiger partial charge in [0.05, 0.1) is 7.11 Å². The first-order valence-corrected chi connectivity index (χ1v) is 14.0. The van der Waals surface area contributed by atoms with Crippen LogP contribution in [0.4, 0.5) is 0 Å². The fraction of sp³-hybridized carbons (Fsp3) is 0.303. The number of aromatic nitrogens is 3. The number of nitrogens with zero attached hydrogens (tertiary/aromatic N) is 4. The molecule has 0 saturated carbocycles. The van der Waals surface area contributed by atoms with Crippen molar-refractivity contribution in [2.45, 2.75) is 25.3 Å². The predicted octanol–water partition coefficient (Wildman–Crippen LogP) is 5.59. The Hall–Kier alpha value is -4.43. The number of aryl methyl sites for hydroxylation is 1. The summed E-state index contributed by atoms with van der Waals surface area (Å²) in [5.41, 5.74) is 7.79. The van der Waals surface area contributed by atoms with Gasteiger partial charge < -0.3 is 19.2 Å². The van der Waals surface area contributed by atoms with E-state index in [1.54, 1.807) is 19.0 Å². The Morgan fingerprint density at radius 1 is 1.02 bits per heavy atom. The molecule has 4 heterocycles. The molecule has 6 rings (SSSR count). The largest absolute Gasteiger partial charge is 0.464 e. The molecule has 210 valence electrons. The number of ether oxygens (including phenoxy) is 1. The zero-order chi connectivity index (χ0) is 28.7. The number of nitrogens with one attached hydrogen (secondary N) is 1. The number of carbonyl (C=O) groups excluding carboxylic acids is 2. The lowest BCUT2D eigenvalue weighted by molar-refractivity contribution is 0.0595. The number of carbonyl (C=O) groups is 2. The van der Waals surface area contributed by atoms with E-state index in [4.69, 9.17) is 9.72 Å². The lowest BCUT2D eigenvalue weighted by Crippen LogP contribution is -2.33. The van der Waals surface area contributed by atoms with Crippen LogP contribution in [0.15, 0.2) is 66.9 Å². The van der Waals surface area contributed by atoms with Gasteiger partial charge in [0.25, 0.3) is 5.91 Å².